The van der Waals surface area contributed by atoms with Crippen LogP contribution >= 0.6 is 0 Å². The number of nitrogens with two attached hydrogens (primary N) is 1. The van der Waals surface area contributed by atoms with Gasteiger partial charge in [-0.2, -0.15) is 0 Å². The Morgan fingerprint density at radius 3 is 1.96 bits per heavy atom. The highest BCUT2D eigenvalue weighted by molar-refractivity contribution is 6.06. The predicted molar refractivity (Wildman–Crippen MR) is 101 cm³/mol. The number of urea groups is 1. The molecule has 1 aliphatic rings. The number of rotatable bonds is 5. The van der Waals surface area contributed by atoms with Crippen molar-refractivity contribution in [1.82, 2.24) is 0 Å². The fraction of sp³-hybridized carbons (Fsp3) is 0.105. The number of anilines is 2. The Labute approximate surface area is 150 Å². The maximum absolute atomic E-state index is 12.7. The second-order valence-electron chi connectivity index (χ2n) is 5.81. The van der Waals surface area contributed by atoms with Gasteiger partial charge < -0.3 is 10.8 Å². The summed E-state index contributed by atoms with van der Waals surface area (Å²) in [6.07, 6.45) is 2.57. The van der Waals surface area contributed by atoms with E-state index in [0.29, 0.717) is 18.7 Å². The molecule has 0 aromatic heterocycles. The first-order chi connectivity index (χ1) is 12.5. The van der Waals surface area contributed by atoms with Crippen molar-refractivity contribution < 1.29 is 14.7 Å². The zero-order valence-electron chi connectivity index (χ0n) is 13.9. The number of nitrogen functional groups attached to an aromatic ring is 1. The van der Waals surface area contributed by atoms with Crippen LogP contribution in [-0.4, -0.2) is 36.0 Å². The Bertz CT molecular complexity index is 873. The molecule has 26 heavy (non-hydrogen) atoms. The van der Waals surface area contributed by atoms with Crippen LogP contribution in [0.5, 0.6) is 0 Å². The third kappa shape index (κ3) is 3.56. The number of hydrogen-bond acceptors (Lipinski definition) is 3. The molecule has 0 saturated carbocycles. The summed E-state index contributed by atoms with van der Waals surface area (Å²) < 4.78 is 0. The number of carboxylic acids is 1. The van der Waals surface area contributed by atoms with Crippen LogP contribution in [0.3, 0.4) is 0 Å². The highest BCUT2D eigenvalue weighted by atomic mass is 16.4. The molecule has 0 spiro atoms. The first-order valence-electron chi connectivity index (χ1n) is 8.00. The molecule has 0 atom stereocenters. The maximum atomic E-state index is 12.7. The normalized spacial score (nSPS) is 14.2. The van der Waals surface area contributed by atoms with E-state index < -0.39 is 5.97 Å². The van der Waals surface area contributed by atoms with Gasteiger partial charge in [0.25, 0.3) is 0 Å². The van der Waals surface area contributed by atoms with Crippen molar-refractivity contribution in [3.8, 4) is 0 Å². The quantitative estimate of drug-likeness (QED) is 0.437. The summed E-state index contributed by atoms with van der Waals surface area (Å²) >= 11 is 0. The average Bonchev–Trinajstić information content (AvgIpc) is 3.02. The van der Waals surface area contributed by atoms with Crippen molar-refractivity contribution >= 4 is 35.3 Å². The maximum Gasteiger partial charge on any atom is 0.329 e. The minimum Gasteiger partial charge on any atom is -0.478 e. The minimum absolute atomic E-state index is 0.0111. The second kappa shape index (κ2) is 7.10. The summed E-state index contributed by atoms with van der Waals surface area (Å²) in [5.41, 5.74) is 8.32. The van der Waals surface area contributed by atoms with E-state index in [9.17, 15) is 9.59 Å². The molecule has 2 aromatic rings. The van der Waals surface area contributed by atoms with E-state index in [1.165, 1.54) is 6.08 Å². The van der Waals surface area contributed by atoms with Crippen LogP contribution in [0.15, 0.2) is 54.6 Å². The molecule has 3 rings (SSSR count). The lowest BCUT2D eigenvalue weighted by Gasteiger charge is -2.19. The topological polar surface area (TPSA) is 111 Å². The van der Waals surface area contributed by atoms with Crippen LogP contribution in [0.2, 0.25) is 0 Å². The van der Waals surface area contributed by atoms with E-state index >= 15 is 0 Å². The fourth-order valence-electron chi connectivity index (χ4n) is 2.77. The molecule has 7 nitrogen and oxygen atoms in total. The number of amides is 2. The molecule has 0 unspecified atom stereocenters. The molecular formula is C19H18N4O3. The number of nitrogens with one attached hydrogen (secondary N) is 1. The monoisotopic (exact) mass is 350 g/mol. The third-order valence-corrected chi connectivity index (χ3v) is 4.12. The van der Waals surface area contributed by atoms with Gasteiger partial charge in [0, 0.05) is 36.1 Å². The van der Waals surface area contributed by atoms with Crippen LogP contribution in [0.1, 0.15) is 11.1 Å². The SMILES string of the molecule is N=C(N)c1ccc(N2CCN(c3ccc(C=CC(=O)O)cc3)C2=O)cc1. The molecule has 1 saturated heterocycles. The Morgan fingerprint density at radius 2 is 1.50 bits per heavy atom. The van der Waals surface area contributed by atoms with Gasteiger partial charge in [0.1, 0.15) is 5.84 Å². The summed E-state index contributed by atoms with van der Waals surface area (Å²) in [7, 11) is 0. The van der Waals surface area contributed by atoms with Crippen molar-refractivity contribution in [2.75, 3.05) is 22.9 Å². The number of aliphatic carboxylic acids is 1. The van der Waals surface area contributed by atoms with E-state index in [1.54, 1.807) is 58.3 Å². The fourth-order valence-corrected chi connectivity index (χ4v) is 2.77. The molecule has 132 valence electrons. The summed E-state index contributed by atoms with van der Waals surface area (Å²) in [6, 6.07) is 14.0. The summed E-state index contributed by atoms with van der Waals surface area (Å²) in [5, 5.41) is 16.1. The molecule has 4 N–H and O–H groups in total. The van der Waals surface area contributed by atoms with Crippen molar-refractivity contribution in [3.05, 3.63) is 65.7 Å². The van der Waals surface area contributed by atoms with Crippen LogP contribution in [0.25, 0.3) is 6.08 Å². The summed E-state index contributed by atoms with van der Waals surface area (Å²) in [4.78, 5) is 26.6. The number of carbonyl (C=O) groups excluding carboxylic acids is 1. The number of benzene rings is 2. The first-order valence-corrected chi connectivity index (χ1v) is 8.00. The van der Waals surface area contributed by atoms with Crippen LogP contribution < -0.4 is 15.5 Å². The Hall–Kier alpha value is -3.61. The smallest absolute Gasteiger partial charge is 0.329 e. The van der Waals surface area contributed by atoms with Crippen molar-refractivity contribution in [2.45, 2.75) is 0 Å². The molecule has 0 radical (unpaired) electrons. The highest BCUT2D eigenvalue weighted by Gasteiger charge is 2.30. The standard InChI is InChI=1S/C19H18N4O3/c20-18(21)14-4-8-16(9-5-14)23-12-11-22(19(23)26)15-6-1-13(2-7-15)3-10-17(24)25/h1-10H,11-12H2,(H3,20,21)(H,24,25). The lowest BCUT2D eigenvalue weighted by Crippen LogP contribution is -2.31. The van der Waals surface area contributed by atoms with Gasteiger partial charge in [0.2, 0.25) is 0 Å². The molecule has 0 bridgehead atoms. The van der Waals surface area contributed by atoms with Gasteiger partial charge in [-0.25, -0.2) is 9.59 Å². The molecule has 2 aromatic carbocycles. The molecule has 0 aliphatic carbocycles. The van der Waals surface area contributed by atoms with Gasteiger partial charge >= 0.3 is 12.0 Å². The van der Waals surface area contributed by atoms with Gasteiger partial charge in [-0.1, -0.05) is 12.1 Å². The van der Waals surface area contributed by atoms with Crippen molar-refractivity contribution in [3.63, 3.8) is 0 Å². The molecule has 2 amide bonds. The third-order valence-electron chi connectivity index (χ3n) is 4.12. The first kappa shape index (κ1) is 17.2. The van der Waals surface area contributed by atoms with Crippen LogP contribution in [0, 0.1) is 5.41 Å². The number of nitrogens with zero attached hydrogens (tertiary/aromatic N) is 2. The van der Waals surface area contributed by atoms with Gasteiger partial charge in [0.05, 0.1) is 0 Å². The van der Waals surface area contributed by atoms with E-state index in [0.717, 1.165) is 23.0 Å². The highest BCUT2D eigenvalue weighted by Crippen LogP contribution is 2.25. The average molecular weight is 350 g/mol. The predicted octanol–water partition coefficient (Wildman–Crippen LogP) is 2.52. The Morgan fingerprint density at radius 1 is 1.00 bits per heavy atom. The molecule has 1 aliphatic heterocycles. The van der Waals surface area contributed by atoms with E-state index in [-0.39, 0.29) is 11.9 Å². The van der Waals surface area contributed by atoms with Crippen LogP contribution in [0.4, 0.5) is 16.2 Å². The largest absolute Gasteiger partial charge is 0.478 e. The number of hydrogen-bond donors (Lipinski definition) is 3. The van der Waals surface area contributed by atoms with Gasteiger partial charge in [-0.05, 0) is 48.0 Å². The summed E-state index contributed by atoms with van der Waals surface area (Å²) in [5.74, 6) is -1.02. The van der Waals surface area contributed by atoms with E-state index in [2.05, 4.69) is 0 Å². The van der Waals surface area contributed by atoms with E-state index in [4.69, 9.17) is 16.2 Å². The van der Waals surface area contributed by atoms with Gasteiger partial charge in [-0.3, -0.25) is 15.2 Å². The molecule has 7 heteroatoms. The van der Waals surface area contributed by atoms with Gasteiger partial charge in [-0.15, -0.1) is 0 Å². The zero-order chi connectivity index (χ0) is 18.7. The zero-order valence-corrected chi connectivity index (χ0v) is 13.9. The number of carboxylic acid groups (broad SMARTS) is 1. The number of amidine groups is 1. The molecular weight excluding hydrogens is 332 g/mol. The Balaban J connectivity index is 1.74. The van der Waals surface area contributed by atoms with Gasteiger partial charge in [0.15, 0.2) is 0 Å². The van der Waals surface area contributed by atoms with E-state index in [1.807, 2.05) is 0 Å². The minimum atomic E-state index is -1.00. The molecule has 1 fully saturated rings. The number of carbonyl (C=O) groups is 2. The Kier molecular flexibility index (Phi) is 4.70. The van der Waals surface area contributed by atoms with Crippen molar-refractivity contribution in [1.29, 1.82) is 5.41 Å². The lowest BCUT2D eigenvalue weighted by atomic mass is 10.2. The molecule has 1 heterocycles. The lowest BCUT2D eigenvalue weighted by molar-refractivity contribution is -0.131. The van der Waals surface area contributed by atoms with Crippen molar-refractivity contribution in [2.24, 2.45) is 5.73 Å². The van der Waals surface area contributed by atoms with Crippen LogP contribution in [-0.2, 0) is 4.79 Å². The summed E-state index contributed by atoms with van der Waals surface area (Å²) in [6.45, 7) is 1.11. The second-order valence-corrected chi connectivity index (χ2v) is 5.81.